The Kier molecular flexibility index (Phi) is 2.97. The molecule has 0 amide bonds. The van der Waals surface area contributed by atoms with Gasteiger partial charge in [-0.15, -0.1) is 0 Å². The smallest absolute Gasteiger partial charge is 0.356 e. The van der Waals surface area contributed by atoms with Crippen LogP contribution >= 0.6 is 0 Å². The molecule has 0 spiro atoms. The van der Waals surface area contributed by atoms with E-state index in [0.717, 1.165) is 16.8 Å². The fourth-order valence-corrected chi connectivity index (χ4v) is 1.44. The standard InChI is InChI=1S/C11H8F2N2O3/c12-7-2-1-6(8(13)3-7)5-15-10(16)4-9(14-15)11(17)18/h1-4,16H,5H2,(H,17,18). The maximum Gasteiger partial charge on any atom is 0.356 e. The van der Waals surface area contributed by atoms with Crippen LogP contribution in [-0.4, -0.2) is 26.0 Å². The molecule has 1 heterocycles. The number of aromatic hydroxyl groups is 1. The number of aromatic nitrogens is 2. The van der Waals surface area contributed by atoms with Gasteiger partial charge in [-0.2, -0.15) is 5.10 Å². The second-order valence-electron chi connectivity index (χ2n) is 3.59. The van der Waals surface area contributed by atoms with Crippen LogP contribution in [0.1, 0.15) is 16.1 Å². The van der Waals surface area contributed by atoms with Crippen molar-refractivity contribution >= 4 is 5.97 Å². The van der Waals surface area contributed by atoms with Gasteiger partial charge in [-0.25, -0.2) is 18.3 Å². The molecule has 0 radical (unpaired) electrons. The minimum atomic E-state index is -1.30. The lowest BCUT2D eigenvalue weighted by Crippen LogP contribution is -2.06. The van der Waals surface area contributed by atoms with Gasteiger partial charge in [0, 0.05) is 17.7 Å². The Balaban J connectivity index is 2.31. The van der Waals surface area contributed by atoms with E-state index >= 15 is 0 Å². The Morgan fingerprint density at radius 1 is 1.33 bits per heavy atom. The average molecular weight is 254 g/mol. The van der Waals surface area contributed by atoms with Crippen LogP contribution in [0.2, 0.25) is 0 Å². The Labute approximate surface area is 99.9 Å². The van der Waals surface area contributed by atoms with Crippen molar-refractivity contribution in [1.29, 1.82) is 0 Å². The second kappa shape index (κ2) is 4.44. The largest absolute Gasteiger partial charge is 0.493 e. The summed E-state index contributed by atoms with van der Waals surface area (Å²) in [6, 6.07) is 3.92. The van der Waals surface area contributed by atoms with Crippen LogP contribution in [0.4, 0.5) is 8.78 Å². The molecule has 0 bridgehead atoms. The van der Waals surface area contributed by atoms with Crippen molar-refractivity contribution in [3.8, 4) is 5.88 Å². The molecule has 94 valence electrons. The first-order valence-electron chi connectivity index (χ1n) is 4.91. The number of carboxylic acid groups (broad SMARTS) is 1. The molecule has 2 aromatic rings. The fraction of sp³-hybridized carbons (Fsp3) is 0.0909. The molecule has 2 N–H and O–H groups in total. The molecule has 0 fully saturated rings. The third kappa shape index (κ3) is 2.29. The summed E-state index contributed by atoms with van der Waals surface area (Å²) in [4.78, 5) is 10.6. The molecular formula is C11H8F2N2O3. The van der Waals surface area contributed by atoms with Crippen molar-refractivity contribution in [3.05, 3.63) is 47.2 Å². The summed E-state index contributed by atoms with van der Waals surface area (Å²) in [5.74, 6) is -3.21. The quantitative estimate of drug-likeness (QED) is 0.872. The fourth-order valence-electron chi connectivity index (χ4n) is 1.44. The van der Waals surface area contributed by atoms with Crippen molar-refractivity contribution in [2.75, 3.05) is 0 Å². The van der Waals surface area contributed by atoms with Gasteiger partial charge < -0.3 is 10.2 Å². The Morgan fingerprint density at radius 3 is 2.61 bits per heavy atom. The Hall–Kier alpha value is -2.44. The molecule has 0 unspecified atom stereocenters. The topological polar surface area (TPSA) is 75.3 Å². The highest BCUT2D eigenvalue weighted by Gasteiger charge is 2.14. The van der Waals surface area contributed by atoms with Gasteiger partial charge >= 0.3 is 5.97 Å². The van der Waals surface area contributed by atoms with Crippen LogP contribution in [0.15, 0.2) is 24.3 Å². The lowest BCUT2D eigenvalue weighted by atomic mass is 10.2. The zero-order valence-electron chi connectivity index (χ0n) is 8.97. The normalized spacial score (nSPS) is 10.6. The first-order chi connectivity index (χ1) is 8.47. The minimum absolute atomic E-state index is 0.0896. The molecule has 0 aliphatic carbocycles. The number of nitrogens with zero attached hydrogens (tertiary/aromatic N) is 2. The van der Waals surface area contributed by atoms with Crippen molar-refractivity contribution in [2.45, 2.75) is 6.54 Å². The summed E-state index contributed by atoms with van der Waals surface area (Å²) in [5.41, 5.74) is -0.262. The minimum Gasteiger partial charge on any atom is -0.493 e. The van der Waals surface area contributed by atoms with Gasteiger partial charge in [-0.1, -0.05) is 6.07 Å². The predicted octanol–water partition coefficient (Wildman–Crippen LogP) is 1.61. The summed E-state index contributed by atoms with van der Waals surface area (Å²) < 4.78 is 27.0. The van der Waals surface area contributed by atoms with Crippen LogP contribution in [0.3, 0.4) is 0 Å². The molecule has 0 saturated heterocycles. The van der Waals surface area contributed by atoms with Crippen molar-refractivity contribution in [2.24, 2.45) is 0 Å². The molecule has 1 aromatic carbocycles. The molecule has 5 nitrogen and oxygen atoms in total. The van der Waals surface area contributed by atoms with Gasteiger partial charge in [0.05, 0.1) is 6.54 Å². The predicted molar refractivity (Wildman–Crippen MR) is 56.3 cm³/mol. The van der Waals surface area contributed by atoms with Crippen molar-refractivity contribution < 1.29 is 23.8 Å². The van der Waals surface area contributed by atoms with Crippen LogP contribution < -0.4 is 0 Å². The summed E-state index contributed by atoms with van der Waals surface area (Å²) in [6.07, 6.45) is 0. The lowest BCUT2D eigenvalue weighted by molar-refractivity contribution is 0.0689. The lowest BCUT2D eigenvalue weighted by Gasteiger charge is -2.04. The SMILES string of the molecule is O=C(O)c1cc(O)n(Cc2ccc(F)cc2F)n1. The van der Waals surface area contributed by atoms with E-state index in [-0.39, 0.29) is 17.8 Å². The molecule has 2 rings (SSSR count). The van der Waals surface area contributed by atoms with Gasteiger partial charge in [0.15, 0.2) is 5.69 Å². The molecule has 1 aromatic heterocycles. The van der Waals surface area contributed by atoms with Crippen LogP contribution in [0.25, 0.3) is 0 Å². The third-order valence-corrected chi connectivity index (χ3v) is 2.31. The molecule has 18 heavy (non-hydrogen) atoms. The van der Waals surface area contributed by atoms with E-state index in [1.807, 2.05) is 0 Å². The van der Waals surface area contributed by atoms with Crippen molar-refractivity contribution in [3.63, 3.8) is 0 Å². The van der Waals surface area contributed by atoms with Crippen LogP contribution in [0, 0.1) is 11.6 Å². The molecule has 0 aliphatic rings. The van der Waals surface area contributed by atoms with Gasteiger partial charge in [0.2, 0.25) is 5.88 Å². The van der Waals surface area contributed by atoms with E-state index in [1.165, 1.54) is 6.07 Å². The maximum absolute atomic E-state index is 13.4. The first-order valence-corrected chi connectivity index (χ1v) is 4.91. The van der Waals surface area contributed by atoms with Crippen LogP contribution in [0.5, 0.6) is 5.88 Å². The highest BCUT2D eigenvalue weighted by Crippen LogP contribution is 2.16. The number of benzene rings is 1. The van der Waals surface area contributed by atoms with Gasteiger partial charge in [-0.05, 0) is 6.07 Å². The van der Waals surface area contributed by atoms with E-state index in [9.17, 15) is 18.7 Å². The van der Waals surface area contributed by atoms with E-state index in [1.54, 1.807) is 0 Å². The highest BCUT2D eigenvalue weighted by molar-refractivity contribution is 5.85. The summed E-state index contributed by atoms with van der Waals surface area (Å²) in [6.45, 7) is -0.189. The molecule has 7 heteroatoms. The van der Waals surface area contributed by atoms with Gasteiger partial charge in [0.25, 0.3) is 0 Å². The average Bonchev–Trinajstić information content (AvgIpc) is 2.64. The third-order valence-electron chi connectivity index (χ3n) is 2.31. The zero-order chi connectivity index (χ0) is 13.3. The number of aromatic carboxylic acids is 1. The number of rotatable bonds is 3. The molecule has 0 atom stereocenters. The summed E-state index contributed by atoms with van der Waals surface area (Å²) in [5, 5.41) is 21.7. The second-order valence-corrected chi connectivity index (χ2v) is 3.59. The van der Waals surface area contributed by atoms with Gasteiger partial charge in [-0.3, -0.25) is 0 Å². The monoisotopic (exact) mass is 254 g/mol. The summed E-state index contributed by atoms with van der Waals surface area (Å²) >= 11 is 0. The van der Waals surface area contributed by atoms with Crippen LogP contribution in [-0.2, 0) is 6.54 Å². The van der Waals surface area contributed by atoms with E-state index in [0.29, 0.717) is 6.07 Å². The number of carbonyl (C=O) groups is 1. The molecular weight excluding hydrogens is 246 g/mol. The number of halogens is 2. The maximum atomic E-state index is 13.4. The van der Waals surface area contributed by atoms with Gasteiger partial charge in [0.1, 0.15) is 11.6 Å². The van der Waals surface area contributed by atoms with Crippen molar-refractivity contribution in [1.82, 2.24) is 9.78 Å². The van der Waals surface area contributed by atoms with E-state index in [4.69, 9.17) is 5.11 Å². The zero-order valence-corrected chi connectivity index (χ0v) is 8.97. The Morgan fingerprint density at radius 2 is 2.06 bits per heavy atom. The highest BCUT2D eigenvalue weighted by atomic mass is 19.1. The van der Waals surface area contributed by atoms with E-state index in [2.05, 4.69) is 5.10 Å². The first kappa shape index (κ1) is 12.0. The number of carboxylic acids is 1. The molecule has 0 saturated carbocycles. The number of hydrogen-bond donors (Lipinski definition) is 2. The molecule has 0 aliphatic heterocycles. The number of hydrogen-bond acceptors (Lipinski definition) is 3. The summed E-state index contributed by atoms with van der Waals surface area (Å²) in [7, 11) is 0. The van der Waals surface area contributed by atoms with E-state index < -0.39 is 23.5 Å². The Bertz CT molecular complexity index is 610.